The van der Waals surface area contributed by atoms with Gasteiger partial charge in [-0.15, -0.1) is 0 Å². The number of imide groups is 1. The summed E-state index contributed by atoms with van der Waals surface area (Å²) in [5.41, 5.74) is -0.600. The Hall–Kier alpha value is -0.750. The van der Waals surface area contributed by atoms with Gasteiger partial charge in [-0.25, -0.2) is 4.79 Å². The van der Waals surface area contributed by atoms with Crippen molar-refractivity contribution < 1.29 is 14.7 Å². The molecule has 1 spiro atoms. The number of nitrogens with one attached hydrogen (secondary N) is 1. The molecule has 1 aliphatic heterocycles. The minimum Gasteiger partial charge on any atom is -0.392 e. The van der Waals surface area contributed by atoms with E-state index < -0.39 is 5.54 Å². The average molecular weight is 286 g/mol. The zero-order valence-corrected chi connectivity index (χ0v) is 12.3. The van der Waals surface area contributed by atoms with Crippen molar-refractivity contribution >= 4 is 23.7 Å². The molecule has 6 heteroatoms. The van der Waals surface area contributed by atoms with Crippen LogP contribution in [-0.4, -0.2) is 51.1 Å². The number of thioether (sulfide) groups is 1. The molecule has 1 saturated heterocycles. The van der Waals surface area contributed by atoms with E-state index in [2.05, 4.69) is 5.32 Å². The maximum absolute atomic E-state index is 12.3. The van der Waals surface area contributed by atoms with Gasteiger partial charge in [-0.3, -0.25) is 9.69 Å². The molecule has 0 bridgehead atoms. The molecular formula is C13H22N2O3S. The van der Waals surface area contributed by atoms with Crippen LogP contribution in [0.3, 0.4) is 0 Å². The van der Waals surface area contributed by atoms with Gasteiger partial charge in [0.2, 0.25) is 0 Å². The van der Waals surface area contributed by atoms with Crippen molar-refractivity contribution in [3.63, 3.8) is 0 Å². The van der Waals surface area contributed by atoms with Crippen LogP contribution in [0.15, 0.2) is 0 Å². The van der Waals surface area contributed by atoms with Gasteiger partial charge in [0, 0.05) is 17.5 Å². The van der Waals surface area contributed by atoms with Crippen LogP contribution in [0.25, 0.3) is 0 Å². The molecule has 2 rings (SSSR count). The Labute approximate surface area is 118 Å². The van der Waals surface area contributed by atoms with Gasteiger partial charge in [-0.2, -0.15) is 11.8 Å². The fourth-order valence-electron chi connectivity index (χ4n) is 2.67. The Morgan fingerprint density at radius 2 is 2.00 bits per heavy atom. The second-order valence-electron chi connectivity index (χ2n) is 5.49. The van der Waals surface area contributed by atoms with Crippen LogP contribution in [0.1, 0.15) is 39.5 Å². The molecule has 1 heterocycles. The third-order valence-electron chi connectivity index (χ3n) is 4.08. The van der Waals surface area contributed by atoms with E-state index in [1.54, 1.807) is 18.7 Å². The van der Waals surface area contributed by atoms with Gasteiger partial charge in [0.15, 0.2) is 0 Å². The van der Waals surface area contributed by atoms with Gasteiger partial charge in [0.05, 0.1) is 6.10 Å². The van der Waals surface area contributed by atoms with Crippen LogP contribution in [0.4, 0.5) is 4.79 Å². The van der Waals surface area contributed by atoms with E-state index in [1.807, 2.05) is 6.92 Å². The van der Waals surface area contributed by atoms with Gasteiger partial charge < -0.3 is 10.4 Å². The Morgan fingerprint density at radius 3 is 2.58 bits per heavy atom. The largest absolute Gasteiger partial charge is 0.392 e. The predicted octanol–water partition coefficient (Wildman–Crippen LogP) is 1.35. The molecule has 0 aromatic rings. The monoisotopic (exact) mass is 286 g/mol. The van der Waals surface area contributed by atoms with E-state index in [9.17, 15) is 14.7 Å². The van der Waals surface area contributed by atoms with Crippen molar-refractivity contribution in [1.29, 1.82) is 0 Å². The first-order chi connectivity index (χ1) is 8.96. The Balaban J connectivity index is 1.87. The van der Waals surface area contributed by atoms with Crippen molar-refractivity contribution in [2.45, 2.75) is 56.4 Å². The summed E-state index contributed by atoms with van der Waals surface area (Å²) in [4.78, 5) is 25.6. The maximum Gasteiger partial charge on any atom is 0.325 e. The Kier molecular flexibility index (Phi) is 4.40. The summed E-state index contributed by atoms with van der Waals surface area (Å²) in [6, 6.07) is -0.253. The predicted molar refractivity (Wildman–Crippen MR) is 75.0 cm³/mol. The molecule has 2 atom stereocenters. The van der Waals surface area contributed by atoms with Crippen LogP contribution < -0.4 is 5.32 Å². The number of rotatable bonds is 5. The van der Waals surface area contributed by atoms with E-state index in [1.165, 1.54) is 4.90 Å². The first-order valence-corrected chi connectivity index (χ1v) is 7.95. The molecular weight excluding hydrogens is 264 g/mol. The fraction of sp³-hybridized carbons (Fsp3) is 0.846. The van der Waals surface area contributed by atoms with E-state index in [-0.39, 0.29) is 23.3 Å². The Morgan fingerprint density at radius 1 is 1.37 bits per heavy atom. The number of carbonyl (C=O) groups is 2. The summed E-state index contributed by atoms with van der Waals surface area (Å²) >= 11 is 1.58. The SMILES string of the molecule is C[C@@H](O)[C@@H](C)SCCN1C(=O)NC2(CCCC2)C1=O. The molecule has 108 valence electrons. The topological polar surface area (TPSA) is 69.6 Å². The molecule has 0 radical (unpaired) electrons. The van der Waals surface area contributed by atoms with Gasteiger partial charge >= 0.3 is 6.03 Å². The van der Waals surface area contributed by atoms with Crippen molar-refractivity contribution in [2.24, 2.45) is 0 Å². The summed E-state index contributed by atoms with van der Waals surface area (Å²) in [6.45, 7) is 4.12. The quantitative estimate of drug-likeness (QED) is 0.749. The standard InChI is InChI=1S/C13H22N2O3S/c1-9(16)10(2)19-8-7-15-11(17)13(14-12(15)18)5-3-4-6-13/h9-10,16H,3-8H2,1-2H3,(H,14,18)/t9-,10-/m1/s1. The van der Waals surface area contributed by atoms with Crippen LogP contribution >= 0.6 is 11.8 Å². The van der Waals surface area contributed by atoms with Gasteiger partial charge in [0.25, 0.3) is 5.91 Å². The van der Waals surface area contributed by atoms with E-state index >= 15 is 0 Å². The number of amides is 3. The number of urea groups is 1. The minimum atomic E-state index is -0.600. The third kappa shape index (κ3) is 2.89. The van der Waals surface area contributed by atoms with Crippen molar-refractivity contribution in [2.75, 3.05) is 12.3 Å². The lowest BCUT2D eigenvalue weighted by molar-refractivity contribution is -0.130. The first-order valence-electron chi connectivity index (χ1n) is 6.90. The molecule has 2 N–H and O–H groups in total. The molecule has 0 aromatic carbocycles. The highest BCUT2D eigenvalue weighted by Gasteiger charge is 2.52. The molecule has 0 unspecified atom stereocenters. The highest BCUT2D eigenvalue weighted by molar-refractivity contribution is 7.99. The second-order valence-corrected chi connectivity index (χ2v) is 6.98. The molecule has 3 amide bonds. The molecule has 2 aliphatic rings. The van der Waals surface area contributed by atoms with Crippen LogP contribution in [0.5, 0.6) is 0 Å². The number of carbonyl (C=O) groups excluding carboxylic acids is 2. The lowest BCUT2D eigenvalue weighted by atomic mass is 9.98. The van der Waals surface area contributed by atoms with Gasteiger partial charge in [0.1, 0.15) is 5.54 Å². The third-order valence-corrected chi connectivity index (χ3v) is 5.42. The molecule has 1 saturated carbocycles. The summed E-state index contributed by atoms with van der Waals surface area (Å²) in [6.07, 6.45) is 3.17. The molecule has 5 nitrogen and oxygen atoms in total. The van der Waals surface area contributed by atoms with Crippen LogP contribution in [0.2, 0.25) is 0 Å². The summed E-state index contributed by atoms with van der Waals surface area (Å²) < 4.78 is 0. The summed E-state index contributed by atoms with van der Waals surface area (Å²) in [5, 5.41) is 12.4. The summed E-state index contributed by atoms with van der Waals surface area (Å²) in [5.74, 6) is 0.613. The van der Waals surface area contributed by atoms with Crippen LogP contribution in [0, 0.1) is 0 Å². The minimum absolute atomic E-state index is 0.0553. The fourth-order valence-corrected chi connectivity index (χ4v) is 3.60. The second kappa shape index (κ2) is 5.71. The number of nitrogens with zero attached hydrogens (tertiary/aromatic N) is 1. The molecule has 19 heavy (non-hydrogen) atoms. The number of aliphatic hydroxyl groups is 1. The van der Waals surface area contributed by atoms with E-state index in [0.717, 1.165) is 25.7 Å². The Bertz CT molecular complexity index is 367. The first kappa shape index (κ1) is 14.7. The molecule has 0 aromatic heterocycles. The lowest BCUT2D eigenvalue weighted by Gasteiger charge is -2.20. The van der Waals surface area contributed by atoms with Gasteiger partial charge in [-0.1, -0.05) is 19.8 Å². The average Bonchev–Trinajstić information content (AvgIpc) is 2.90. The molecule has 1 aliphatic carbocycles. The normalized spacial score (nSPS) is 24.9. The molecule has 2 fully saturated rings. The maximum atomic E-state index is 12.3. The zero-order chi connectivity index (χ0) is 14.0. The highest BCUT2D eigenvalue weighted by atomic mass is 32.2. The number of hydrogen-bond acceptors (Lipinski definition) is 4. The van der Waals surface area contributed by atoms with Gasteiger partial charge in [-0.05, 0) is 19.8 Å². The van der Waals surface area contributed by atoms with Crippen molar-refractivity contribution in [3.05, 3.63) is 0 Å². The van der Waals surface area contributed by atoms with E-state index in [0.29, 0.717) is 12.3 Å². The number of aliphatic hydroxyl groups excluding tert-OH is 1. The smallest absolute Gasteiger partial charge is 0.325 e. The number of hydrogen-bond donors (Lipinski definition) is 2. The van der Waals surface area contributed by atoms with Crippen molar-refractivity contribution in [1.82, 2.24) is 10.2 Å². The lowest BCUT2D eigenvalue weighted by Crippen LogP contribution is -2.44. The van der Waals surface area contributed by atoms with Crippen LogP contribution in [-0.2, 0) is 4.79 Å². The van der Waals surface area contributed by atoms with Crippen molar-refractivity contribution in [3.8, 4) is 0 Å². The highest BCUT2D eigenvalue weighted by Crippen LogP contribution is 2.35. The zero-order valence-electron chi connectivity index (χ0n) is 11.5. The van der Waals surface area contributed by atoms with E-state index in [4.69, 9.17) is 0 Å². The summed E-state index contributed by atoms with van der Waals surface area (Å²) in [7, 11) is 0.